The van der Waals surface area contributed by atoms with Crippen LogP contribution in [-0.4, -0.2) is 79.8 Å². The average Bonchev–Trinajstić information content (AvgIpc) is 3.53. The van der Waals surface area contributed by atoms with E-state index in [1.54, 1.807) is 28.6 Å². The molecule has 11 heteroatoms. The molecule has 2 unspecified atom stereocenters. The summed E-state index contributed by atoms with van der Waals surface area (Å²) in [4.78, 5) is 33.0. The lowest BCUT2D eigenvalue weighted by atomic mass is 9.65. The minimum Gasteiger partial charge on any atom is -0.378 e. The lowest BCUT2D eigenvalue weighted by Gasteiger charge is -2.39. The van der Waals surface area contributed by atoms with Crippen molar-refractivity contribution in [3.8, 4) is 0 Å². The molecule has 1 aliphatic carbocycles. The monoisotopic (exact) mass is 676 g/mol. The Kier molecular flexibility index (Phi) is 8.57. The first kappa shape index (κ1) is 32.5. The van der Waals surface area contributed by atoms with E-state index < -0.39 is 10.0 Å². The van der Waals surface area contributed by atoms with Gasteiger partial charge in [0.15, 0.2) is 0 Å². The Morgan fingerprint density at radius 2 is 1.70 bits per heavy atom. The number of anilines is 1. The van der Waals surface area contributed by atoms with E-state index in [0.717, 1.165) is 49.2 Å². The number of benzene rings is 2. The predicted octanol–water partition coefficient (Wildman–Crippen LogP) is 5.62. The van der Waals surface area contributed by atoms with Crippen molar-refractivity contribution in [2.45, 2.75) is 70.5 Å². The standard InChI is InChI=1S/C36H44N4O5S2/c1-35(2)19-27-20-36(3,23-35)24-40(27)47(43,44)28-11-9-26(10-12-28)32(41)37-33-31(34(42)39-15-17-45-18-16-39)29-13-14-38(22-30(29)46-33)21-25-7-5-4-6-8-25/h4-12,27H,13-24H2,1-3H3,(H,37,41). The molecule has 3 fully saturated rings. The topological polar surface area (TPSA) is 99.3 Å². The van der Waals surface area contributed by atoms with E-state index in [1.807, 2.05) is 23.1 Å². The molecule has 1 N–H and O–H groups in total. The number of fused-ring (bicyclic) bond motifs is 3. The van der Waals surface area contributed by atoms with Crippen molar-refractivity contribution in [3.05, 3.63) is 81.7 Å². The van der Waals surface area contributed by atoms with E-state index in [-0.39, 0.29) is 33.6 Å². The molecule has 1 aromatic heterocycles. The molecule has 1 saturated carbocycles. The summed E-state index contributed by atoms with van der Waals surface area (Å²) in [5.74, 6) is -0.442. The van der Waals surface area contributed by atoms with Crippen LogP contribution in [0.15, 0.2) is 59.5 Å². The molecular formula is C36H44N4O5S2. The Hall–Kier alpha value is -3.09. The molecule has 4 heterocycles. The molecule has 250 valence electrons. The number of rotatable bonds is 7. The minimum atomic E-state index is -3.70. The van der Waals surface area contributed by atoms with E-state index in [0.29, 0.717) is 55.5 Å². The van der Waals surface area contributed by atoms with E-state index >= 15 is 0 Å². The summed E-state index contributed by atoms with van der Waals surface area (Å²) in [7, 11) is -3.70. The molecule has 3 aliphatic heterocycles. The van der Waals surface area contributed by atoms with Crippen molar-refractivity contribution in [2.24, 2.45) is 10.8 Å². The number of thiophene rings is 1. The van der Waals surface area contributed by atoms with Crippen LogP contribution in [0.3, 0.4) is 0 Å². The molecule has 4 aliphatic rings. The van der Waals surface area contributed by atoms with Gasteiger partial charge >= 0.3 is 0 Å². The molecule has 7 rings (SSSR count). The van der Waals surface area contributed by atoms with Gasteiger partial charge in [-0.15, -0.1) is 11.3 Å². The third kappa shape index (κ3) is 6.53. The fourth-order valence-corrected chi connectivity index (χ4v) is 11.5. The second kappa shape index (κ2) is 12.4. The van der Waals surface area contributed by atoms with E-state index in [9.17, 15) is 18.0 Å². The summed E-state index contributed by atoms with van der Waals surface area (Å²) in [6, 6.07) is 16.6. The van der Waals surface area contributed by atoms with Gasteiger partial charge in [-0.2, -0.15) is 4.31 Å². The first-order valence-electron chi connectivity index (χ1n) is 16.6. The lowest BCUT2D eigenvalue weighted by Crippen LogP contribution is -2.41. The Labute approximate surface area is 281 Å². The molecule has 2 amide bonds. The Morgan fingerprint density at radius 3 is 2.43 bits per heavy atom. The first-order valence-corrected chi connectivity index (χ1v) is 18.9. The minimum absolute atomic E-state index is 0.00683. The number of hydrogen-bond acceptors (Lipinski definition) is 7. The zero-order valence-electron chi connectivity index (χ0n) is 27.5. The fraction of sp³-hybridized carbons (Fsp3) is 0.500. The van der Waals surface area contributed by atoms with Crippen LogP contribution in [0.25, 0.3) is 0 Å². The van der Waals surface area contributed by atoms with Crippen molar-refractivity contribution >= 4 is 38.2 Å². The number of sulfonamides is 1. The fourth-order valence-electron chi connectivity index (χ4n) is 8.45. The molecule has 9 nitrogen and oxygen atoms in total. The van der Waals surface area contributed by atoms with Gasteiger partial charge in [0.25, 0.3) is 11.8 Å². The van der Waals surface area contributed by atoms with Gasteiger partial charge in [0.1, 0.15) is 5.00 Å². The number of carbonyl (C=O) groups is 2. The summed E-state index contributed by atoms with van der Waals surface area (Å²) in [6.45, 7) is 11.5. The van der Waals surface area contributed by atoms with Crippen molar-refractivity contribution in [2.75, 3.05) is 44.7 Å². The number of ether oxygens (including phenoxy) is 1. The zero-order chi connectivity index (χ0) is 33.0. The predicted molar refractivity (Wildman–Crippen MR) is 183 cm³/mol. The number of amides is 2. The van der Waals surface area contributed by atoms with Crippen LogP contribution in [-0.2, 0) is 34.3 Å². The van der Waals surface area contributed by atoms with Crippen molar-refractivity contribution < 1.29 is 22.7 Å². The lowest BCUT2D eigenvalue weighted by molar-refractivity contribution is 0.0302. The molecule has 0 radical (unpaired) electrons. The van der Waals surface area contributed by atoms with E-state index in [4.69, 9.17) is 4.74 Å². The number of morpholine rings is 1. The van der Waals surface area contributed by atoms with Crippen LogP contribution < -0.4 is 5.32 Å². The highest BCUT2D eigenvalue weighted by Gasteiger charge is 2.53. The largest absolute Gasteiger partial charge is 0.378 e. The third-order valence-electron chi connectivity index (χ3n) is 10.2. The number of nitrogens with zero attached hydrogens (tertiary/aromatic N) is 3. The molecule has 2 bridgehead atoms. The van der Waals surface area contributed by atoms with Crippen LogP contribution in [0, 0.1) is 10.8 Å². The molecule has 47 heavy (non-hydrogen) atoms. The van der Waals surface area contributed by atoms with Gasteiger partial charge in [0.05, 0.1) is 23.7 Å². The van der Waals surface area contributed by atoms with Crippen molar-refractivity contribution in [1.82, 2.24) is 14.1 Å². The maximum atomic E-state index is 13.9. The second-order valence-electron chi connectivity index (χ2n) is 14.8. The summed E-state index contributed by atoms with van der Waals surface area (Å²) in [5.41, 5.74) is 3.26. The first-order chi connectivity index (χ1) is 22.4. The molecule has 2 saturated heterocycles. The molecule has 2 aromatic carbocycles. The van der Waals surface area contributed by atoms with Gasteiger partial charge in [0.2, 0.25) is 10.0 Å². The summed E-state index contributed by atoms with van der Waals surface area (Å²) in [5, 5.41) is 3.60. The Morgan fingerprint density at radius 1 is 0.979 bits per heavy atom. The zero-order valence-corrected chi connectivity index (χ0v) is 29.1. The average molecular weight is 677 g/mol. The maximum Gasteiger partial charge on any atom is 0.257 e. The van der Waals surface area contributed by atoms with Crippen molar-refractivity contribution in [1.29, 1.82) is 0 Å². The number of carbonyl (C=O) groups excluding carboxylic acids is 2. The Bertz CT molecular complexity index is 1770. The molecule has 3 aromatic rings. The maximum absolute atomic E-state index is 13.9. The van der Waals surface area contributed by atoms with Gasteiger partial charge in [-0.05, 0) is 71.9 Å². The highest BCUT2D eigenvalue weighted by molar-refractivity contribution is 7.89. The van der Waals surface area contributed by atoms with E-state index in [1.165, 1.54) is 16.9 Å². The normalized spacial score (nSPS) is 24.6. The highest BCUT2D eigenvalue weighted by atomic mass is 32.2. The summed E-state index contributed by atoms with van der Waals surface area (Å²) >= 11 is 1.47. The quantitative estimate of drug-likeness (QED) is 0.349. The van der Waals surface area contributed by atoms with Crippen LogP contribution in [0.4, 0.5) is 5.00 Å². The SMILES string of the molecule is CC1(C)CC2CC(C)(CN2S(=O)(=O)c2ccc(C(=O)Nc3sc4c(c3C(=O)N3CCOCC3)CCN(Cc3ccccc3)C4)cc2)C1. The van der Waals surface area contributed by atoms with Gasteiger partial charge < -0.3 is 15.0 Å². The smallest absolute Gasteiger partial charge is 0.257 e. The molecule has 2 atom stereocenters. The highest BCUT2D eigenvalue weighted by Crippen LogP contribution is 2.53. The van der Waals surface area contributed by atoms with Crippen LogP contribution >= 0.6 is 11.3 Å². The molecular weight excluding hydrogens is 633 g/mol. The van der Waals surface area contributed by atoms with Gasteiger partial charge in [-0.3, -0.25) is 14.5 Å². The van der Waals surface area contributed by atoms with Crippen LogP contribution in [0.5, 0.6) is 0 Å². The third-order valence-corrected chi connectivity index (χ3v) is 13.3. The second-order valence-corrected chi connectivity index (χ2v) is 17.8. The number of nitrogens with one attached hydrogen (secondary N) is 1. The number of hydrogen-bond donors (Lipinski definition) is 1. The Balaban J connectivity index is 1.11. The molecule has 0 spiro atoms. The van der Waals surface area contributed by atoms with Gasteiger partial charge in [-0.25, -0.2) is 8.42 Å². The van der Waals surface area contributed by atoms with E-state index in [2.05, 4.69) is 43.1 Å². The van der Waals surface area contributed by atoms with Crippen molar-refractivity contribution in [3.63, 3.8) is 0 Å². The summed E-state index contributed by atoms with van der Waals surface area (Å²) in [6.07, 6.45) is 3.47. The summed E-state index contributed by atoms with van der Waals surface area (Å²) < 4.78 is 34.8. The van der Waals surface area contributed by atoms with Gasteiger partial charge in [0, 0.05) is 55.8 Å². The van der Waals surface area contributed by atoms with Crippen LogP contribution in [0.2, 0.25) is 0 Å². The van der Waals surface area contributed by atoms with Crippen LogP contribution in [0.1, 0.15) is 76.8 Å². The van der Waals surface area contributed by atoms with Gasteiger partial charge in [-0.1, -0.05) is 51.1 Å².